The van der Waals surface area contributed by atoms with Crippen molar-refractivity contribution in [3.05, 3.63) is 0 Å². The first-order valence-corrected chi connectivity index (χ1v) is 14.7. The summed E-state index contributed by atoms with van der Waals surface area (Å²) < 4.78 is 0. The Balaban J connectivity index is 1.41. The first-order valence-electron chi connectivity index (χ1n) is 11.6. The number of hydrogen-bond donors (Lipinski definition) is 2. The lowest BCUT2D eigenvalue weighted by molar-refractivity contribution is -0.138. The number of amides is 1. The van der Waals surface area contributed by atoms with Crippen LogP contribution in [0.25, 0.3) is 0 Å². The second kappa shape index (κ2) is 9.40. The van der Waals surface area contributed by atoms with Gasteiger partial charge in [0.05, 0.1) is 0 Å². The van der Waals surface area contributed by atoms with Gasteiger partial charge >= 0.3 is 0 Å². The van der Waals surface area contributed by atoms with Gasteiger partial charge in [0.15, 0.2) is 8.32 Å². The van der Waals surface area contributed by atoms with Crippen molar-refractivity contribution in [3.8, 4) is 0 Å². The summed E-state index contributed by atoms with van der Waals surface area (Å²) in [6.07, 6.45) is 12.1. The van der Waals surface area contributed by atoms with E-state index in [1.165, 1.54) is 38.5 Å². The molecule has 4 nitrogen and oxygen atoms in total. The summed E-state index contributed by atoms with van der Waals surface area (Å²) in [5, 5.41) is 0. The van der Waals surface area contributed by atoms with E-state index in [1.807, 2.05) is 13.1 Å². The average Bonchev–Trinajstić information content (AvgIpc) is 2.67. The summed E-state index contributed by atoms with van der Waals surface area (Å²) in [7, 11) is -1.96. The molecular weight excluding hydrogens is 352 g/mol. The smallest absolute Gasteiger partial charge is 0.225 e. The second-order valence-corrected chi connectivity index (χ2v) is 14.5. The molecule has 1 saturated heterocycles. The van der Waals surface area contributed by atoms with Crippen LogP contribution in [0.1, 0.15) is 64.2 Å². The zero-order valence-electron chi connectivity index (χ0n) is 17.7. The molecule has 3 N–H and O–H groups in total. The Kier molecular flexibility index (Phi) is 7.42. The third-order valence-electron chi connectivity index (χ3n) is 7.66. The molecule has 27 heavy (non-hydrogen) atoms. The lowest BCUT2D eigenvalue weighted by Gasteiger charge is -2.41. The molecule has 3 rings (SSSR count). The van der Waals surface area contributed by atoms with Crippen molar-refractivity contribution >= 4 is 14.2 Å². The molecule has 3 aliphatic rings. The van der Waals surface area contributed by atoms with Gasteiger partial charge in [-0.25, -0.2) is 0 Å². The van der Waals surface area contributed by atoms with Crippen molar-refractivity contribution < 1.29 is 9.59 Å². The molecule has 0 radical (unpaired) electrons. The van der Waals surface area contributed by atoms with Gasteiger partial charge in [0.25, 0.3) is 0 Å². The molecule has 1 aliphatic heterocycles. The molecule has 2 saturated carbocycles. The minimum atomic E-state index is -1.96. The van der Waals surface area contributed by atoms with Crippen LogP contribution >= 0.6 is 0 Å². The van der Waals surface area contributed by atoms with Crippen LogP contribution in [-0.2, 0) is 4.79 Å². The Morgan fingerprint density at radius 2 is 1.63 bits per heavy atom. The van der Waals surface area contributed by atoms with E-state index in [0.29, 0.717) is 11.8 Å². The Hall–Kier alpha value is -0.393. The number of hydrogen-bond acceptors (Lipinski definition) is 3. The normalized spacial score (nSPS) is 33.9. The first-order chi connectivity index (χ1) is 12.9. The van der Waals surface area contributed by atoms with Crippen LogP contribution in [0.15, 0.2) is 0 Å². The average molecular weight is 395 g/mol. The van der Waals surface area contributed by atoms with Gasteiger partial charge in [0.2, 0.25) is 5.91 Å². The number of nitrogens with zero attached hydrogens (tertiary/aromatic N) is 1. The third kappa shape index (κ3) is 6.04. The van der Waals surface area contributed by atoms with Gasteiger partial charge in [-0.1, -0.05) is 12.8 Å². The fourth-order valence-corrected chi connectivity index (χ4v) is 7.97. The molecule has 1 heterocycles. The zero-order valence-corrected chi connectivity index (χ0v) is 18.7. The van der Waals surface area contributed by atoms with Crippen molar-refractivity contribution in [2.45, 2.75) is 83.3 Å². The third-order valence-corrected chi connectivity index (χ3v) is 9.24. The molecule has 5 heteroatoms. The number of carbonyl (C=O) groups is 1. The fraction of sp³-hybridized carbons (Fsp3) is 0.955. The molecule has 0 aromatic rings. The standard InChI is InChI=1S/C22H42N2O2Si/c1-27(2,26)16-17-6-8-20(9-7-17)22(25)24-12-10-19(11-13-24)21-5-3-4-18(14-21)15-23/h17-21,26H,3-16,23H2,1-2H3. The Morgan fingerprint density at radius 1 is 0.963 bits per heavy atom. The summed E-state index contributed by atoms with van der Waals surface area (Å²) in [5.41, 5.74) is 5.92. The summed E-state index contributed by atoms with van der Waals surface area (Å²) in [4.78, 5) is 25.3. The number of carbonyl (C=O) groups excluding carboxylic acids is 1. The van der Waals surface area contributed by atoms with Gasteiger partial charge < -0.3 is 15.4 Å². The molecule has 1 amide bonds. The highest BCUT2D eigenvalue weighted by Crippen LogP contribution is 2.39. The van der Waals surface area contributed by atoms with Gasteiger partial charge in [-0.2, -0.15) is 0 Å². The largest absolute Gasteiger partial charge is 0.432 e. The van der Waals surface area contributed by atoms with E-state index in [2.05, 4.69) is 4.90 Å². The Bertz CT molecular complexity index is 477. The van der Waals surface area contributed by atoms with E-state index >= 15 is 0 Å². The van der Waals surface area contributed by atoms with Crippen LogP contribution in [0.5, 0.6) is 0 Å². The van der Waals surface area contributed by atoms with Crippen LogP contribution in [0.2, 0.25) is 19.1 Å². The molecule has 2 atom stereocenters. The Morgan fingerprint density at radius 3 is 2.22 bits per heavy atom. The summed E-state index contributed by atoms with van der Waals surface area (Å²) in [6, 6.07) is 1.00. The molecule has 156 valence electrons. The molecule has 0 bridgehead atoms. The van der Waals surface area contributed by atoms with Crippen molar-refractivity contribution in [2.75, 3.05) is 19.6 Å². The molecule has 0 spiro atoms. The summed E-state index contributed by atoms with van der Waals surface area (Å²) in [5.74, 6) is 3.73. The maximum absolute atomic E-state index is 13.0. The number of rotatable bonds is 5. The summed E-state index contributed by atoms with van der Waals surface area (Å²) in [6.45, 7) is 6.88. The van der Waals surface area contributed by atoms with Gasteiger partial charge in [-0.15, -0.1) is 0 Å². The predicted molar refractivity (Wildman–Crippen MR) is 114 cm³/mol. The van der Waals surface area contributed by atoms with Gasteiger partial charge in [-0.05, 0) is 101 Å². The lowest BCUT2D eigenvalue weighted by atomic mass is 9.72. The molecule has 3 fully saturated rings. The van der Waals surface area contributed by atoms with Crippen LogP contribution in [0.4, 0.5) is 0 Å². The van der Waals surface area contributed by atoms with E-state index in [4.69, 9.17) is 5.73 Å². The van der Waals surface area contributed by atoms with Crippen LogP contribution in [0.3, 0.4) is 0 Å². The maximum atomic E-state index is 13.0. The second-order valence-electron chi connectivity index (χ2n) is 10.4. The highest BCUT2D eigenvalue weighted by Gasteiger charge is 2.35. The van der Waals surface area contributed by atoms with Gasteiger partial charge in [-0.3, -0.25) is 4.79 Å². The fourth-order valence-electron chi connectivity index (χ4n) is 6.14. The molecule has 2 unspecified atom stereocenters. The topological polar surface area (TPSA) is 66.6 Å². The van der Waals surface area contributed by atoms with E-state index in [0.717, 1.165) is 69.1 Å². The molecule has 0 aromatic carbocycles. The lowest BCUT2D eigenvalue weighted by Crippen LogP contribution is -2.44. The van der Waals surface area contributed by atoms with E-state index in [1.54, 1.807) is 0 Å². The van der Waals surface area contributed by atoms with E-state index in [9.17, 15) is 9.59 Å². The van der Waals surface area contributed by atoms with Crippen LogP contribution in [-0.4, -0.2) is 43.6 Å². The number of likely N-dealkylation sites (tertiary alicyclic amines) is 1. The first kappa shape index (κ1) is 21.3. The minimum Gasteiger partial charge on any atom is -0.432 e. The minimum absolute atomic E-state index is 0.248. The van der Waals surface area contributed by atoms with Crippen molar-refractivity contribution in [2.24, 2.45) is 35.3 Å². The van der Waals surface area contributed by atoms with Crippen LogP contribution in [0, 0.1) is 29.6 Å². The maximum Gasteiger partial charge on any atom is 0.225 e. The summed E-state index contributed by atoms with van der Waals surface area (Å²) >= 11 is 0. The quantitative estimate of drug-likeness (QED) is 0.693. The monoisotopic (exact) mass is 394 g/mol. The van der Waals surface area contributed by atoms with Gasteiger partial charge in [0.1, 0.15) is 0 Å². The van der Waals surface area contributed by atoms with Gasteiger partial charge in [0, 0.05) is 19.0 Å². The van der Waals surface area contributed by atoms with E-state index in [-0.39, 0.29) is 5.92 Å². The molecular formula is C22H42N2O2Si. The molecule has 2 aliphatic carbocycles. The molecule has 0 aromatic heterocycles. The zero-order chi connectivity index (χ0) is 19.4. The van der Waals surface area contributed by atoms with Crippen LogP contribution < -0.4 is 5.73 Å². The Labute approximate surface area is 167 Å². The number of piperidine rings is 1. The van der Waals surface area contributed by atoms with Crippen molar-refractivity contribution in [1.82, 2.24) is 4.90 Å². The van der Waals surface area contributed by atoms with Crippen molar-refractivity contribution in [3.63, 3.8) is 0 Å². The highest BCUT2D eigenvalue weighted by atomic mass is 28.4. The van der Waals surface area contributed by atoms with Crippen molar-refractivity contribution in [1.29, 1.82) is 0 Å². The van der Waals surface area contributed by atoms with E-state index < -0.39 is 8.32 Å². The predicted octanol–water partition coefficient (Wildman–Crippen LogP) is 3.99. The highest BCUT2D eigenvalue weighted by molar-refractivity contribution is 6.69. The SMILES string of the molecule is C[Si](C)(O)CC1CCC(C(=O)N2CCC(C3CCCC(CN)C3)CC2)CC1. The number of nitrogens with two attached hydrogens (primary N) is 1.